The molecule has 0 saturated carbocycles. The minimum Gasteiger partial charge on any atom is -0.316 e. The van der Waals surface area contributed by atoms with Crippen LogP contribution in [0.15, 0.2) is 40.1 Å². The van der Waals surface area contributed by atoms with Crippen molar-refractivity contribution in [1.82, 2.24) is 9.97 Å². The first-order valence-electron chi connectivity index (χ1n) is 5.58. The predicted molar refractivity (Wildman–Crippen MR) is 67.1 cm³/mol. The normalized spacial score (nSPS) is 11.2. The third-order valence-electron chi connectivity index (χ3n) is 2.54. The Balaban J connectivity index is 2.38. The van der Waals surface area contributed by atoms with E-state index in [0.29, 0.717) is 0 Å². The molecule has 0 saturated heterocycles. The van der Waals surface area contributed by atoms with E-state index in [1.54, 1.807) is 0 Å². The number of H-pyrrole nitrogens is 2. The third kappa shape index (κ3) is 3.19. The quantitative estimate of drug-likeness (QED) is 0.780. The minimum absolute atomic E-state index is 0.364. The molecule has 110 valence electrons. The molecule has 0 radical (unpaired) electrons. The monoisotopic (exact) mass is 299 g/mol. The number of anilines is 1. The Morgan fingerprint density at radius 1 is 1.14 bits per heavy atom. The molecular weight excluding hydrogens is 291 g/mol. The number of carbonyl (C=O) groups excluding carboxylic acids is 1. The lowest BCUT2D eigenvalue weighted by Crippen LogP contribution is -2.27. The molecule has 9 heteroatoms. The van der Waals surface area contributed by atoms with Gasteiger partial charge in [0.25, 0.3) is 11.5 Å². The van der Waals surface area contributed by atoms with Crippen LogP contribution in [0.1, 0.15) is 15.9 Å². The number of alkyl halides is 3. The summed E-state index contributed by atoms with van der Waals surface area (Å²) >= 11 is 0. The standard InChI is InChI=1S/C12H8F3N3O3/c13-12(14,15)7-4-2-1-3-6(7)9(19)17-8-5-16-11(21)18-10(8)20/h1-5H,(H,17,19)(H2,16,18,20,21). The highest BCUT2D eigenvalue weighted by Crippen LogP contribution is 2.31. The SMILES string of the molecule is O=C(Nc1c[nH]c(=O)[nH]c1=O)c1ccccc1C(F)(F)F. The number of carbonyl (C=O) groups is 1. The zero-order valence-corrected chi connectivity index (χ0v) is 10.2. The summed E-state index contributed by atoms with van der Waals surface area (Å²) in [6.07, 6.45) is -3.80. The van der Waals surface area contributed by atoms with Crippen molar-refractivity contribution in [1.29, 1.82) is 0 Å². The fraction of sp³-hybridized carbons (Fsp3) is 0.0833. The van der Waals surface area contributed by atoms with Gasteiger partial charge in [-0.2, -0.15) is 13.2 Å². The van der Waals surface area contributed by atoms with E-state index in [1.165, 1.54) is 6.07 Å². The smallest absolute Gasteiger partial charge is 0.316 e. The molecule has 1 amide bonds. The lowest BCUT2D eigenvalue weighted by atomic mass is 10.1. The van der Waals surface area contributed by atoms with E-state index < -0.39 is 34.5 Å². The molecule has 3 N–H and O–H groups in total. The maximum atomic E-state index is 12.8. The molecule has 1 aromatic heterocycles. The molecule has 2 rings (SSSR count). The first kappa shape index (κ1) is 14.6. The summed E-state index contributed by atoms with van der Waals surface area (Å²) in [5.74, 6) is -1.11. The van der Waals surface area contributed by atoms with Crippen LogP contribution in [-0.2, 0) is 6.18 Å². The van der Waals surface area contributed by atoms with Crippen molar-refractivity contribution < 1.29 is 18.0 Å². The molecule has 0 spiro atoms. The zero-order chi connectivity index (χ0) is 15.6. The second kappa shape index (κ2) is 5.27. The molecule has 1 aromatic carbocycles. The highest BCUT2D eigenvalue weighted by atomic mass is 19.4. The van der Waals surface area contributed by atoms with Gasteiger partial charge in [-0.25, -0.2) is 4.79 Å². The molecule has 0 aliphatic carbocycles. The van der Waals surface area contributed by atoms with E-state index in [2.05, 4.69) is 4.98 Å². The minimum atomic E-state index is -4.70. The van der Waals surface area contributed by atoms with Gasteiger partial charge in [-0.05, 0) is 12.1 Å². The summed E-state index contributed by atoms with van der Waals surface area (Å²) in [4.78, 5) is 38.0. The Bertz CT molecular complexity index is 792. The van der Waals surface area contributed by atoms with Crippen molar-refractivity contribution in [3.05, 3.63) is 62.4 Å². The van der Waals surface area contributed by atoms with E-state index in [4.69, 9.17) is 0 Å². The van der Waals surface area contributed by atoms with Gasteiger partial charge in [0.1, 0.15) is 5.69 Å². The van der Waals surface area contributed by atoms with Crippen molar-refractivity contribution >= 4 is 11.6 Å². The van der Waals surface area contributed by atoms with E-state index in [1.807, 2.05) is 10.3 Å². The average molecular weight is 299 g/mol. The summed E-state index contributed by atoms with van der Waals surface area (Å²) in [7, 11) is 0. The first-order chi connectivity index (χ1) is 9.79. The fourth-order valence-electron chi connectivity index (χ4n) is 1.62. The third-order valence-corrected chi connectivity index (χ3v) is 2.54. The highest BCUT2D eigenvalue weighted by Gasteiger charge is 2.34. The Labute approximate surface area is 114 Å². The zero-order valence-electron chi connectivity index (χ0n) is 10.2. The van der Waals surface area contributed by atoms with Gasteiger partial charge < -0.3 is 10.3 Å². The number of halogens is 3. The number of rotatable bonds is 2. The van der Waals surface area contributed by atoms with Gasteiger partial charge in [0.15, 0.2) is 0 Å². The Morgan fingerprint density at radius 3 is 2.43 bits per heavy atom. The maximum Gasteiger partial charge on any atom is 0.417 e. The average Bonchev–Trinajstić information content (AvgIpc) is 2.41. The molecular formula is C12H8F3N3O3. The van der Waals surface area contributed by atoms with Crippen LogP contribution in [-0.4, -0.2) is 15.9 Å². The van der Waals surface area contributed by atoms with E-state index in [9.17, 15) is 27.6 Å². The van der Waals surface area contributed by atoms with Crippen LogP contribution in [0.3, 0.4) is 0 Å². The molecule has 0 bridgehead atoms. The van der Waals surface area contributed by atoms with Gasteiger partial charge in [0.05, 0.1) is 11.1 Å². The number of hydrogen-bond donors (Lipinski definition) is 3. The second-order valence-electron chi connectivity index (χ2n) is 3.98. The lowest BCUT2D eigenvalue weighted by molar-refractivity contribution is -0.137. The predicted octanol–water partition coefficient (Wildman–Crippen LogP) is 1.33. The van der Waals surface area contributed by atoms with Crippen molar-refractivity contribution in [3.63, 3.8) is 0 Å². The summed E-state index contributed by atoms with van der Waals surface area (Å²) in [5, 5.41) is 2.01. The van der Waals surface area contributed by atoms with Crippen LogP contribution in [0.4, 0.5) is 18.9 Å². The number of aromatic amines is 2. The second-order valence-corrected chi connectivity index (χ2v) is 3.98. The molecule has 0 atom stereocenters. The number of benzene rings is 1. The van der Waals surface area contributed by atoms with E-state index >= 15 is 0 Å². The Hall–Kier alpha value is -2.84. The molecule has 0 fully saturated rings. The summed E-state index contributed by atoms with van der Waals surface area (Å²) in [5.41, 5.74) is -3.83. The largest absolute Gasteiger partial charge is 0.417 e. The molecule has 1 heterocycles. The van der Waals surface area contributed by atoms with Crippen LogP contribution < -0.4 is 16.6 Å². The Morgan fingerprint density at radius 2 is 1.81 bits per heavy atom. The number of amides is 1. The van der Waals surface area contributed by atoms with Gasteiger partial charge in [-0.15, -0.1) is 0 Å². The Kier molecular flexibility index (Phi) is 3.66. The number of nitrogens with one attached hydrogen (secondary N) is 3. The first-order valence-corrected chi connectivity index (χ1v) is 5.58. The molecule has 0 aliphatic rings. The van der Waals surface area contributed by atoms with Crippen LogP contribution in [0.5, 0.6) is 0 Å². The van der Waals surface area contributed by atoms with Crippen LogP contribution in [0, 0.1) is 0 Å². The fourth-order valence-corrected chi connectivity index (χ4v) is 1.62. The summed E-state index contributed by atoms with van der Waals surface area (Å²) < 4.78 is 38.4. The molecule has 0 aliphatic heterocycles. The van der Waals surface area contributed by atoms with Gasteiger partial charge in [0.2, 0.25) is 0 Å². The van der Waals surface area contributed by atoms with Crippen LogP contribution >= 0.6 is 0 Å². The number of aromatic nitrogens is 2. The van der Waals surface area contributed by atoms with Gasteiger partial charge in [-0.1, -0.05) is 12.1 Å². The van der Waals surface area contributed by atoms with Gasteiger partial charge in [0, 0.05) is 6.20 Å². The van der Waals surface area contributed by atoms with Crippen molar-refractivity contribution in [2.75, 3.05) is 5.32 Å². The molecule has 2 aromatic rings. The van der Waals surface area contributed by atoms with Crippen molar-refractivity contribution in [2.45, 2.75) is 6.18 Å². The van der Waals surface area contributed by atoms with Gasteiger partial charge >= 0.3 is 11.9 Å². The molecule has 6 nitrogen and oxygen atoms in total. The highest BCUT2D eigenvalue weighted by molar-refractivity contribution is 6.05. The van der Waals surface area contributed by atoms with Crippen molar-refractivity contribution in [2.24, 2.45) is 0 Å². The van der Waals surface area contributed by atoms with Crippen molar-refractivity contribution in [3.8, 4) is 0 Å². The van der Waals surface area contributed by atoms with Crippen LogP contribution in [0.2, 0.25) is 0 Å². The van der Waals surface area contributed by atoms with E-state index in [-0.39, 0.29) is 5.69 Å². The summed E-state index contributed by atoms with van der Waals surface area (Å²) in [6, 6.07) is 4.15. The molecule has 0 unspecified atom stereocenters. The molecule has 21 heavy (non-hydrogen) atoms. The van der Waals surface area contributed by atoms with Gasteiger partial charge in [-0.3, -0.25) is 14.6 Å². The lowest BCUT2D eigenvalue weighted by Gasteiger charge is -2.12. The van der Waals surface area contributed by atoms with Crippen LogP contribution in [0.25, 0.3) is 0 Å². The maximum absolute atomic E-state index is 12.8. The topological polar surface area (TPSA) is 94.8 Å². The van der Waals surface area contributed by atoms with E-state index in [0.717, 1.165) is 24.4 Å². The summed E-state index contributed by atoms with van der Waals surface area (Å²) in [6.45, 7) is 0. The number of hydrogen-bond acceptors (Lipinski definition) is 3.